The van der Waals surface area contributed by atoms with Crippen molar-refractivity contribution in [2.75, 3.05) is 13.2 Å². The second-order valence-corrected chi connectivity index (χ2v) is 4.72. The van der Waals surface area contributed by atoms with E-state index in [1.54, 1.807) is 4.90 Å². The molecule has 0 atom stereocenters. The highest BCUT2D eigenvalue weighted by Gasteiger charge is 2.18. The molecule has 4 nitrogen and oxygen atoms in total. The molecule has 1 aliphatic rings. The average molecular weight is 260 g/mol. The van der Waals surface area contributed by atoms with Crippen LogP contribution in [0.15, 0.2) is 42.5 Å². The summed E-state index contributed by atoms with van der Waals surface area (Å²) in [6.45, 7) is 0.845. The van der Waals surface area contributed by atoms with E-state index in [0.717, 1.165) is 18.4 Å². The number of hydrogen-bond acceptors (Lipinski definition) is 2. The van der Waals surface area contributed by atoms with Crippen LogP contribution in [0.1, 0.15) is 18.4 Å². The SMILES string of the molecule is O=C(NC1CC=CC1)N(CCO)Cc1ccccc1. The van der Waals surface area contributed by atoms with E-state index in [1.807, 2.05) is 30.3 Å². The lowest BCUT2D eigenvalue weighted by molar-refractivity contribution is 0.171. The summed E-state index contributed by atoms with van der Waals surface area (Å²) < 4.78 is 0. The molecule has 0 aromatic heterocycles. The van der Waals surface area contributed by atoms with E-state index in [9.17, 15) is 4.79 Å². The summed E-state index contributed by atoms with van der Waals surface area (Å²) in [6.07, 6.45) is 5.95. The molecular weight excluding hydrogens is 240 g/mol. The molecule has 2 amide bonds. The molecule has 0 saturated heterocycles. The molecule has 2 rings (SSSR count). The minimum absolute atomic E-state index is 0.0246. The van der Waals surface area contributed by atoms with Crippen LogP contribution in [-0.4, -0.2) is 35.2 Å². The fourth-order valence-corrected chi connectivity index (χ4v) is 2.18. The maximum Gasteiger partial charge on any atom is 0.318 e. The largest absolute Gasteiger partial charge is 0.395 e. The van der Waals surface area contributed by atoms with Crippen molar-refractivity contribution in [1.29, 1.82) is 0 Å². The molecule has 0 bridgehead atoms. The van der Waals surface area contributed by atoms with Gasteiger partial charge in [-0.2, -0.15) is 0 Å². The molecule has 0 heterocycles. The zero-order valence-electron chi connectivity index (χ0n) is 11.0. The topological polar surface area (TPSA) is 52.6 Å². The average Bonchev–Trinajstić information content (AvgIpc) is 2.92. The number of carbonyl (C=O) groups excluding carboxylic acids is 1. The van der Waals surface area contributed by atoms with Gasteiger partial charge in [-0.3, -0.25) is 0 Å². The lowest BCUT2D eigenvalue weighted by Gasteiger charge is -2.24. The number of nitrogens with one attached hydrogen (secondary N) is 1. The maximum absolute atomic E-state index is 12.2. The molecule has 1 aromatic rings. The highest BCUT2D eigenvalue weighted by molar-refractivity contribution is 5.74. The molecule has 0 aliphatic heterocycles. The molecular formula is C15H20N2O2. The smallest absolute Gasteiger partial charge is 0.318 e. The van der Waals surface area contributed by atoms with E-state index in [1.165, 1.54) is 0 Å². The number of hydrogen-bond donors (Lipinski definition) is 2. The molecule has 0 radical (unpaired) electrons. The van der Waals surface area contributed by atoms with Crippen molar-refractivity contribution in [3.8, 4) is 0 Å². The van der Waals surface area contributed by atoms with Crippen LogP contribution in [0.2, 0.25) is 0 Å². The van der Waals surface area contributed by atoms with Gasteiger partial charge in [-0.25, -0.2) is 4.79 Å². The van der Waals surface area contributed by atoms with Crippen molar-refractivity contribution in [3.63, 3.8) is 0 Å². The maximum atomic E-state index is 12.2. The highest BCUT2D eigenvalue weighted by atomic mass is 16.3. The summed E-state index contributed by atoms with van der Waals surface area (Å²) in [5, 5.41) is 12.1. The molecule has 2 N–H and O–H groups in total. The van der Waals surface area contributed by atoms with Gasteiger partial charge in [0.2, 0.25) is 0 Å². The Bertz CT molecular complexity index is 423. The Morgan fingerprint density at radius 1 is 1.26 bits per heavy atom. The Labute approximate surface area is 113 Å². The Kier molecular flexibility index (Phi) is 4.98. The van der Waals surface area contributed by atoms with E-state index < -0.39 is 0 Å². The first-order chi connectivity index (χ1) is 9.29. The van der Waals surface area contributed by atoms with Gasteiger partial charge in [-0.1, -0.05) is 42.5 Å². The van der Waals surface area contributed by atoms with Crippen molar-refractivity contribution < 1.29 is 9.90 Å². The summed E-state index contributed by atoms with van der Waals surface area (Å²) in [7, 11) is 0. The van der Waals surface area contributed by atoms with Crippen LogP contribution in [0.5, 0.6) is 0 Å². The van der Waals surface area contributed by atoms with E-state index in [-0.39, 0.29) is 18.7 Å². The molecule has 102 valence electrons. The molecule has 1 aliphatic carbocycles. The molecule has 0 spiro atoms. The summed E-state index contributed by atoms with van der Waals surface area (Å²) in [4.78, 5) is 13.8. The standard InChI is InChI=1S/C15H20N2O2/c18-11-10-17(12-13-6-2-1-3-7-13)15(19)16-14-8-4-5-9-14/h1-7,14,18H,8-12H2,(H,16,19). The predicted octanol–water partition coefficient (Wildman–Crippen LogP) is 1.91. The molecule has 0 saturated carbocycles. The second kappa shape index (κ2) is 6.95. The van der Waals surface area contributed by atoms with Crippen molar-refractivity contribution in [2.24, 2.45) is 0 Å². The van der Waals surface area contributed by atoms with Crippen LogP contribution < -0.4 is 5.32 Å². The van der Waals surface area contributed by atoms with Gasteiger partial charge in [0.15, 0.2) is 0 Å². The number of aliphatic hydroxyl groups excluding tert-OH is 1. The van der Waals surface area contributed by atoms with Crippen LogP contribution in [0.4, 0.5) is 4.79 Å². The predicted molar refractivity (Wildman–Crippen MR) is 74.6 cm³/mol. The van der Waals surface area contributed by atoms with Crippen molar-refractivity contribution in [1.82, 2.24) is 10.2 Å². The minimum Gasteiger partial charge on any atom is -0.395 e. The lowest BCUT2D eigenvalue weighted by Crippen LogP contribution is -2.44. The van der Waals surface area contributed by atoms with Crippen molar-refractivity contribution in [3.05, 3.63) is 48.0 Å². The normalized spacial score (nSPS) is 14.6. The van der Waals surface area contributed by atoms with Gasteiger partial charge in [0.25, 0.3) is 0 Å². The summed E-state index contributed by atoms with van der Waals surface area (Å²) in [5.41, 5.74) is 1.07. The molecule has 19 heavy (non-hydrogen) atoms. The van der Waals surface area contributed by atoms with Gasteiger partial charge in [-0.15, -0.1) is 0 Å². The third-order valence-electron chi connectivity index (χ3n) is 3.21. The van der Waals surface area contributed by atoms with E-state index in [4.69, 9.17) is 5.11 Å². The Hall–Kier alpha value is -1.81. The molecule has 0 unspecified atom stereocenters. The van der Waals surface area contributed by atoms with Crippen LogP contribution in [0.25, 0.3) is 0 Å². The van der Waals surface area contributed by atoms with E-state index >= 15 is 0 Å². The summed E-state index contributed by atoms with van der Waals surface area (Å²) in [6, 6.07) is 9.90. The van der Waals surface area contributed by atoms with Gasteiger partial charge >= 0.3 is 6.03 Å². The summed E-state index contributed by atoms with van der Waals surface area (Å²) >= 11 is 0. The third-order valence-corrected chi connectivity index (χ3v) is 3.21. The third kappa shape index (κ3) is 4.10. The number of rotatable bonds is 5. The molecule has 1 aromatic carbocycles. The Morgan fingerprint density at radius 2 is 1.95 bits per heavy atom. The van der Waals surface area contributed by atoms with Gasteiger partial charge in [0.1, 0.15) is 0 Å². The van der Waals surface area contributed by atoms with Gasteiger partial charge in [0, 0.05) is 19.1 Å². The second-order valence-electron chi connectivity index (χ2n) is 4.72. The van der Waals surface area contributed by atoms with Crippen molar-refractivity contribution in [2.45, 2.75) is 25.4 Å². The zero-order valence-corrected chi connectivity index (χ0v) is 11.0. The number of urea groups is 1. The van der Waals surface area contributed by atoms with Gasteiger partial charge < -0.3 is 15.3 Å². The fourth-order valence-electron chi connectivity index (χ4n) is 2.18. The van der Waals surface area contributed by atoms with E-state index in [0.29, 0.717) is 13.1 Å². The first kappa shape index (κ1) is 13.6. The first-order valence-corrected chi connectivity index (χ1v) is 6.65. The molecule has 4 heteroatoms. The number of aliphatic hydroxyl groups is 1. The number of benzene rings is 1. The van der Waals surface area contributed by atoms with Gasteiger partial charge in [-0.05, 0) is 18.4 Å². The Balaban J connectivity index is 1.92. The van der Waals surface area contributed by atoms with Crippen LogP contribution in [-0.2, 0) is 6.54 Å². The first-order valence-electron chi connectivity index (χ1n) is 6.65. The van der Waals surface area contributed by atoms with Crippen molar-refractivity contribution >= 4 is 6.03 Å². The number of carbonyl (C=O) groups is 1. The number of nitrogens with zero attached hydrogens (tertiary/aromatic N) is 1. The minimum atomic E-state index is -0.105. The fraction of sp³-hybridized carbons (Fsp3) is 0.400. The summed E-state index contributed by atoms with van der Waals surface area (Å²) in [5.74, 6) is 0. The lowest BCUT2D eigenvalue weighted by atomic mass is 10.2. The quantitative estimate of drug-likeness (QED) is 0.795. The molecule has 0 fully saturated rings. The Morgan fingerprint density at radius 3 is 2.58 bits per heavy atom. The zero-order chi connectivity index (χ0) is 13.5. The van der Waals surface area contributed by atoms with Crippen LogP contribution in [0, 0.1) is 0 Å². The highest BCUT2D eigenvalue weighted by Crippen LogP contribution is 2.11. The van der Waals surface area contributed by atoms with Gasteiger partial charge in [0.05, 0.1) is 6.61 Å². The van der Waals surface area contributed by atoms with E-state index in [2.05, 4.69) is 17.5 Å². The monoisotopic (exact) mass is 260 g/mol. The number of amides is 2. The van der Waals surface area contributed by atoms with Crippen LogP contribution >= 0.6 is 0 Å². The van der Waals surface area contributed by atoms with Crippen LogP contribution in [0.3, 0.4) is 0 Å².